The molecule has 6 heteroatoms. The van der Waals surface area contributed by atoms with Crippen molar-refractivity contribution in [3.05, 3.63) is 22.4 Å². The lowest BCUT2D eigenvalue weighted by Gasteiger charge is -2.26. The normalized spacial score (nSPS) is 22.2. The number of carbonyl (C=O) groups excluding carboxylic acids is 1. The Labute approximate surface area is 122 Å². The average molecular weight is 296 g/mol. The van der Waals surface area contributed by atoms with Gasteiger partial charge in [0.15, 0.2) is 0 Å². The smallest absolute Gasteiger partial charge is 0.315 e. The first-order chi connectivity index (χ1) is 9.65. The van der Waals surface area contributed by atoms with E-state index in [4.69, 9.17) is 5.11 Å². The summed E-state index contributed by atoms with van der Waals surface area (Å²) in [6.07, 6.45) is 3.62. The van der Waals surface area contributed by atoms with Gasteiger partial charge in [0.05, 0.1) is 5.92 Å². The highest BCUT2D eigenvalue weighted by molar-refractivity contribution is 7.07. The Bertz CT molecular complexity index is 439. The van der Waals surface area contributed by atoms with Crippen LogP contribution in [-0.4, -0.2) is 29.7 Å². The second kappa shape index (κ2) is 7.28. The maximum Gasteiger partial charge on any atom is 0.315 e. The summed E-state index contributed by atoms with van der Waals surface area (Å²) in [7, 11) is 0. The second-order valence-corrected chi connectivity index (χ2v) is 5.95. The molecule has 0 aromatic carbocycles. The zero-order valence-electron chi connectivity index (χ0n) is 11.3. The molecular weight excluding hydrogens is 276 g/mol. The average Bonchev–Trinajstić information content (AvgIpc) is 2.92. The van der Waals surface area contributed by atoms with Gasteiger partial charge in [0.25, 0.3) is 0 Å². The monoisotopic (exact) mass is 296 g/mol. The van der Waals surface area contributed by atoms with Crippen molar-refractivity contribution in [2.45, 2.75) is 38.1 Å². The molecule has 0 spiro atoms. The maximum absolute atomic E-state index is 11.7. The molecule has 1 saturated carbocycles. The van der Waals surface area contributed by atoms with Crippen molar-refractivity contribution in [2.75, 3.05) is 6.54 Å². The number of nitrogens with one attached hydrogen (secondary N) is 2. The van der Waals surface area contributed by atoms with Gasteiger partial charge >= 0.3 is 12.0 Å². The Kier molecular flexibility index (Phi) is 5.40. The molecule has 110 valence electrons. The number of amides is 2. The molecule has 20 heavy (non-hydrogen) atoms. The quantitative estimate of drug-likeness (QED) is 0.779. The van der Waals surface area contributed by atoms with Gasteiger partial charge in [-0.05, 0) is 54.5 Å². The van der Waals surface area contributed by atoms with Crippen molar-refractivity contribution in [1.29, 1.82) is 0 Å². The van der Waals surface area contributed by atoms with Crippen molar-refractivity contribution in [2.24, 2.45) is 5.92 Å². The number of rotatable bonds is 5. The highest BCUT2D eigenvalue weighted by atomic mass is 32.1. The van der Waals surface area contributed by atoms with Gasteiger partial charge in [-0.1, -0.05) is 0 Å². The van der Waals surface area contributed by atoms with Crippen LogP contribution in [0.3, 0.4) is 0 Å². The van der Waals surface area contributed by atoms with E-state index in [1.807, 2.05) is 5.38 Å². The number of hydrogen-bond donors (Lipinski definition) is 3. The summed E-state index contributed by atoms with van der Waals surface area (Å²) in [5.74, 6) is -0.960. The number of carboxylic acids is 1. The van der Waals surface area contributed by atoms with E-state index in [2.05, 4.69) is 22.1 Å². The molecule has 1 heterocycles. The summed E-state index contributed by atoms with van der Waals surface area (Å²) >= 11 is 1.65. The minimum Gasteiger partial charge on any atom is -0.481 e. The first-order valence-corrected chi connectivity index (χ1v) is 7.87. The van der Waals surface area contributed by atoms with Gasteiger partial charge in [0.1, 0.15) is 0 Å². The molecule has 3 N–H and O–H groups in total. The van der Waals surface area contributed by atoms with Crippen LogP contribution < -0.4 is 10.6 Å². The van der Waals surface area contributed by atoms with Crippen molar-refractivity contribution in [3.63, 3.8) is 0 Å². The van der Waals surface area contributed by atoms with Gasteiger partial charge in [-0.25, -0.2) is 4.79 Å². The molecule has 2 amide bonds. The minimum atomic E-state index is -0.719. The summed E-state index contributed by atoms with van der Waals surface area (Å²) in [5.41, 5.74) is 1.23. The molecule has 0 atom stereocenters. The van der Waals surface area contributed by atoms with E-state index in [9.17, 15) is 9.59 Å². The van der Waals surface area contributed by atoms with E-state index in [0.29, 0.717) is 19.4 Å². The third kappa shape index (κ3) is 4.52. The number of urea groups is 1. The zero-order valence-corrected chi connectivity index (χ0v) is 12.1. The van der Waals surface area contributed by atoms with Crippen molar-refractivity contribution >= 4 is 23.3 Å². The number of thiophene rings is 1. The number of carbonyl (C=O) groups is 2. The molecule has 1 aromatic heterocycles. The highest BCUT2D eigenvalue weighted by Crippen LogP contribution is 2.24. The lowest BCUT2D eigenvalue weighted by atomic mass is 9.86. The molecule has 2 rings (SSSR count). The van der Waals surface area contributed by atoms with E-state index in [-0.39, 0.29) is 18.0 Å². The number of carboxylic acid groups (broad SMARTS) is 1. The molecule has 1 aliphatic rings. The van der Waals surface area contributed by atoms with Gasteiger partial charge in [0, 0.05) is 12.6 Å². The fraction of sp³-hybridized carbons (Fsp3) is 0.571. The summed E-state index contributed by atoms with van der Waals surface area (Å²) < 4.78 is 0. The third-order valence-corrected chi connectivity index (χ3v) is 4.42. The van der Waals surface area contributed by atoms with Crippen LogP contribution in [0.4, 0.5) is 4.79 Å². The lowest BCUT2D eigenvalue weighted by molar-refractivity contribution is -0.142. The van der Waals surface area contributed by atoms with Crippen LogP contribution in [0, 0.1) is 5.92 Å². The molecule has 0 saturated heterocycles. The van der Waals surface area contributed by atoms with Crippen LogP contribution in [0.15, 0.2) is 16.8 Å². The summed E-state index contributed by atoms with van der Waals surface area (Å²) in [4.78, 5) is 22.6. The highest BCUT2D eigenvalue weighted by Gasteiger charge is 2.26. The summed E-state index contributed by atoms with van der Waals surface area (Å²) in [6, 6.07) is 2.00. The molecule has 0 radical (unpaired) electrons. The van der Waals surface area contributed by atoms with E-state index >= 15 is 0 Å². The van der Waals surface area contributed by atoms with Crippen molar-refractivity contribution < 1.29 is 14.7 Å². The van der Waals surface area contributed by atoms with Crippen LogP contribution in [-0.2, 0) is 11.2 Å². The second-order valence-electron chi connectivity index (χ2n) is 5.17. The number of hydrogen-bond acceptors (Lipinski definition) is 3. The van der Waals surface area contributed by atoms with E-state index < -0.39 is 5.97 Å². The van der Waals surface area contributed by atoms with Gasteiger partial charge in [-0.2, -0.15) is 11.3 Å². The lowest BCUT2D eigenvalue weighted by Crippen LogP contribution is -2.44. The van der Waals surface area contributed by atoms with Crippen LogP contribution in [0.1, 0.15) is 31.2 Å². The van der Waals surface area contributed by atoms with Gasteiger partial charge in [0.2, 0.25) is 0 Å². The Morgan fingerprint density at radius 2 is 2.05 bits per heavy atom. The Morgan fingerprint density at radius 3 is 2.65 bits per heavy atom. The standard InChI is InChI=1S/C14H20N2O3S/c17-13(18)11-1-3-12(4-2-11)16-14(19)15-7-5-10-6-8-20-9-10/h6,8-9,11-12H,1-5,7H2,(H,17,18)(H2,15,16,19). The first kappa shape index (κ1) is 14.8. The first-order valence-electron chi connectivity index (χ1n) is 6.93. The van der Waals surface area contributed by atoms with Gasteiger partial charge in [-0.3, -0.25) is 4.79 Å². The zero-order chi connectivity index (χ0) is 14.4. The van der Waals surface area contributed by atoms with Crippen molar-refractivity contribution in [1.82, 2.24) is 10.6 Å². The number of aliphatic carboxylic acids is 1. The van der Waals surface area contributed by atoms with E-state index in [1.54, 1.807) is 11.3 Å². The molecular formula is C14H20N2O3S. The Balaban J connectivity index is 1.61. The fourth-order valence-corrected chi connectivity index (χ4v) is 3.18. The van der Waals surface area contributed by atoms with Crippen LogP contribution in [0.2, 0.25) is 0 Å². The molecule has 0 aliphatic heterocycles. The predicted molar refractivity (Wildman–Crippen MR) is 77.9 cm³/mol. The fourth-order valence-electron chi connectivity index (χ4n) is 2.48. The van der Waals surface area contributed by atoms with E-state index in [0.717, 1.165) is 19.3 Å². The Morgan fingerprint density at radius 1 is 1.30 bits per heavy atom. The SMILES string of the molecule is O=C(NCCc1ccsc1)NC1CCC(C(=O)O)CC1. The molecule has 5 nitrogen and oxygen atoms in total. The molecule has 0 unspecified atom stereocenters. The van der Waals surface area contributed by atoms with Crippen LogP contribution in [0.25, 0.3) is 0 Å². The topological polar surface area (TPSA) is 78.4 Å². The Hall–Kier alpha value is -1.56. The molecule has 0 bridgehead atoms. The third-order valence-electron chi connectivity index (χ3n) is 3.69. The molecule has 1 aliphatic carbocycles. The summed E-state index contributed by atoms with van der Waals surface area (Å²) in [5, 5.41) is 18.8. The van der Waals surface area contributed by atoms with Crippen molar-refractivity contribution in [3.8, 4) is 0 Å². The van der Waals surface area contributed by atoms with E-state index in [1.165, 1.54) is 5.56 Å². The van der Waals surface area contributed by atoms with Gasteiger partial charge in [-0.15, -0.1) is 0 Å². The predicted octanol–water partition coefficient (Wildman–Crippen LogP) is 2.23. The van der Waals surface area contributed by atoms with Gasteiger partial charge < -0.3 is 15.7 Å². The largest absolute Gasteiger partial charge is 0.481 e. The molecule has 1 aromatic rings. The molecule has 1 fully saturated rings. The summed E-state index contributed by atoms with van der Waals surface area (Å²) in [6.45, 7) is 0.618. The van der Waals surface area contributed by atoms with Crippen LogP contribution >= 0.6 is 11.3 Å². The maximum atomic E-state index is 11.7. The minimum absolute atomic E-state index is 0.103. The van der Waals surface area contributed by atoms with Crippen LogP contribution in [0.5, 0.6) is 0 Å².